The number of hydrogen-bond acceptors (Lipinski definition) is 5. The van der Waals surface area contributed by atoms with Crippen LogP contribution in [0, 0.1) is 0 Å². The minimum atomic E-state index is -1.92. The maximum atomic E-state index is 11.1. The van der Waals surface area contributed by atoms with Gasteiger partial charge in [-0.15, -0.1) is 0 Å². The lowest BCUT2D eigenvalue weighted by Crippen LogP contribution is -2.41. The molecule has 0 saturated carbocycles. The Morgan fingerprint density at radius 3 is 2.07 bits per heavy atom. The molecule has 1 aliphatic heterocycles. The summed E-state index contributed by atoms with van der Waals surface area (Å²) >= 11 is 0. The van der Waals surface area contributed by atoms with Crippen LogP contribution in [-0.4, -0.2) is 41.4 Å². The highest BCUT2D eigenvalue weighted by Gasteiger charge is 2.50. The molecule has 1 fully saturated rings. The Hall–Kier alpha value is -1.57. The second-order valence-corrected chi connectivity index (χ2v) is 2.75. The van der Waals surface area contributed by atoms with Crippen molar-refractivity contribution in [2.24, 2.45) is 0 Å². The molecule has 75 valence electrons. The summed E-state index contributed by atoms with van der Waals surface area (Å²) in [6.45, 7) is 0. The predicted molar refractivity (Wildman–Crippen MR) is 40.2 cm³/mol. The van der Waals surface area contributed by atoms with Crippen LogP contribution in [0.25, 0.3) is 0 Å². The van der Waals surface area contributed by atoms with Gasteiger partial charge in [0.25, 0.3) is 0 Å². The summed E-state index contributed by atoms with van der Waals surface area (Å²) in [6, 6.07) is 0. The van der Waals surface area contributed by atoms with Crippen LogP contribution < -0.4 is 0 Å². The number of hydrogen-bond donors (Lipinski definition) is 2. The number of aliphatic carboxylic acids is 2. The molecule has 0 aliphatic carbocycles. The van der Waals surface area contributed by atoms with Crippen LogP contribution in [0.4, 0.5) is 0 Å². The average molecular weight is 201 g/mol. The first-order valence-corrected chi connectivity index (χ1v) is 3.60. The van der Waals surface area contributed by atoms with E-state index in [0.717, 1.165) is 0 Å². The van der Waals surface area contributed by atoms with Gasteiger partial charge in [0, 0.05) is 0 Å². The maximum Gasteiger partial charge on any atom is 0.575 e. The highest BCUT2D eigenvalue weighted by Crippen LogP contribution is 2.26. The molecule has 0 amide bonds. The van der Waals surface area contributed by atoms with E-state index < -0.39 is 36.4 Å². The summed E-state index contributed by atoms with van der Waals surface area (Å²) < 4.78 is 8.87. The molecule has 14 heavy (non-hydrogen) atoms. The van der Waals surface area contributed by atoms with Gasteiger partial charge < -0.3 is 19.5 Å². The van der Waals surface area contributed by atoms with E-state index in [9.17, 15) is 14.4 Å². The van der Waals surface area contributed by atoms with Gasteiger partial charge in [0.1, 0.15) is 0 Å². The van der Waals surface area contributed by atoms with Gasteiger partial charge in [-0.05, 0) is 0 Å². The molecule has 1 heterocycles. The molecule has 1 saturated heterocycles. The van der Waals surface area contributed by atoms with Gasteiger partial charge in [0.05, 0.1) is 12.8 Å². The second kappa shape index (κ2) is 3.66. The summed E-state index contributed by atoms with van der Waals surface area (Å²) in [6.07, 6.45) is -1.48. The van der Waals surface area contributed by atoms with Crippen LogP contribution in [0.1, 0.15) is 12.8 Å². The molecular weight excluding hydrogens is 195 g/mol. The van der Waals surface area contributed by atoms with Crippen LogP contribution in [-0.2, 0) is 23.7 Å². The zero-order valence-electron chi connectivity index (χ0n) is 6.93. The molecule has 0 aromatic heterocycles. The van der Waals surface area contributed by atoms with Gasteiger partial charge in [-0.1, -0.05) is 0 Å². The summed E-state index contributed by atoms with van der Waals surface area (Å²) in [5.74, 6) is -3.67. The normalized spacial score (nSPS) is 18.4. The monoisotopic (exact) mass is 201 g/mol. The van der Waals surface area contributed by atoms with E-state index in [1.165, 1.54) is 0 Å². The van der Waals surface area contributed by atoms with Crippen molar-refractivity contribution in [3.05, 3.63) is 0 Å². The fourth-order valence-electron chi connectivity index (χ4n) is 1.09. The third kappa shape index (κ3) is 2.02. The molecule has 2 N–H and O–H groups in total. The standard InChI is InChI=1S/C6H6BO7/c8-3(9)1-6(2-4(10)11)5(12)13-7-14-6/h1-2H2,(H,8,9)(H,10,11). The van der Waals surface area contributed by atoms with Crippen molar-refractivity contribution in [2.75, 3.05) is 0 Å². The van der Waals surface area contributed by atoms with E-state index in [2.05, 4.69) is 9.31 Å². The molecule has 0 aromatic carbocycles. The number of carboxylic acids is 2. The molecule has 0 bridgehead atoms. The van der Waals surface area contributed by atoms with Crippen LogP contribution in [0.3, 0.4) is 0 Å². The Kier molecular flexibility index (Phi) is 2.75. The van der Waals surface area contributed by atoms with Crippen molar-refractivity contribution in [1.82, 2.24) is 0 Å². The zero-order chi connectivity index (χ0) is 10.8. The fraction of sp³-hybridized carbons (Fsp3) is 0.500. The van der Waals surface area contributed by atoms with Crippen molar-refractivity contribution >= 4 is 25.6 Å². The summed E-state index contributed by atoms with van der Waals surface area (Å²) in [5, 5.41) is 17.0. The zero-order valence-corrected chi connectivity index (χ0v) is 6.93. The van der Waals surface area contributed by atoms with Gasteiger partial charge in [0.15, 0.2) is 5.60 Å². The van der Waals surface area contributed by atoms with Crippen molar-refractivity contribution in [3.63, 3.8) is 0 Å². The van der Waals surface area contributed by atoms with Crippen LogP contribution in [0.2, 0.25) is 0 Å². The second-order valence-electron chi connectivity index (χ2n) is 2.75. The molecule has 0 aromatic rings. The fourth-order valence-corrected chi connectivity index (χ4v) is 1.09. The topological polar surface area (TPSA) is 110 Å². The Bertz CT molecular complexity index is 270. The SMILES string of the molecule is O=C(O)CC1(CC(=O)O)O[B]OC1=O. The Morgan fingerprint density at radius 2 is 1.79 bits per heavy atom. The van der Waals surface area contributed by atoms with E-state index in [0.29, 0.717) is 7.69 Å². The molecule has 0 spiro atoms. The minimum absolute atomic E-state index is 0.647. The number of rotatable bonds is 4. The van der Waals surface area contributed by atoms with E-state index in [-0.39, 0.29) is 0 Å². The van der Waals surface area contributed by atoms with Gasteiger partial charge in [-0.3, -0.25) is 14.4 Å². The molecule has 1 rings (SSSR count). The van der Waals surface area contributed by atoms with Crippen molar-refractivity contribution in [1.29, 1.82) is 0 Å². The number of carbonyl (C=O) groups excluding carboxylic acids is 1. The summed E-state index contributed by atoms with van der Waals surface area (Å²) in [4.78, 5) is 31.8. The molecule has 1 radical (unpaired) electrons. The Balaban J connectivity index is 2.83. The van der Waals surface area contributed by atoms with Crippen molar-refractivity contribution in [2.45, 2.75) is 18.4 Å². The smallest absolute Gasteiger partial charge is 0.509 e. The first-order valence-electron chi connectivity index (χ1n) is 3.60. The molecule has 0 unspecified atom stereocenters. The first kappa shape index (κ1) is 10.5. The summed E-state index contributed by atoms with van der Waals surface area (Å²) in [7, 11) is 0.647. The highest BCUT2D eigenvalue weighted by atomic mass is 16.7. The maximum absolute atomic E-state index is 11.1. The van der Waals surface area contributed by atoms with Gasteiger partial charge >= 0.3 is 25.6 Å². The lowest BCUT2D eigenvalue weighted by Gasteiger charge is -2.20. The Labute approximate surface area is 78.9 Å². The quantitative estimate of drug-likeness (QED) is 0.548. The van der Waals surface area contributed by atoms with Crippen LogP contribution in [0.5, 0.6) is 0 Å². The van der Waals surface area contributed by atoms with Crippen LogP contribution >= 0.6 is 0 Å². The molecule has 0 atom stereocenters. The van der Waals surface area contributed by atoms with E-state index >= 15 is 0 Å². The molecular formula is C6H6BO7. The molecule has 8 heteroatoms. The summed E-state index contributed by atoms with van der Waals surface area (Å²) in [5.41, 5.74) is -1.92. The van der Waals surface area contributed by atoms with E-state index in [1.54, 1.807) is 0 Å². The van der Waals surface area contributed by atoms with E-state index in [4.69, 9.17) is 10.2 Å². The lowest BCUT2D eigenvalue weighted by molar-refractivity contribution is -0.157. The highest BCUT2D eigenvalue weighted by molar-refractivity contribution is 6.27. The van der Waals surface area contributed by atoms with Crippen LogP contribution in [0.15, 0.2) is 0 Å². The molecule has 7 nitrogen and oxygen atoms in total. The van der Waals surface area contributed by atoms with Gasteiger partial charge in [0.2, 0.25) is 0 Å². The first-order chi connectivity index (χ1) is 6.46. The van der Waals surface area contributed by atoms with E-state index in [1.807, 2.05) is 0 Å². The minimum Gasteiger partial charge on any atom is -0.509 e. The predicted octanol–water partition coefficient (Wildman–Crippen LogP) is -1.22. The average Bonchev–Trinajstić information content (AvgIpc) is 2.29. The van der Waals surface area contributed by atoms with Gasteiger partial charge in [-0.2, -0.15) is 0 Å². The lowest BCUT2D eigenvalue weighted by atomic mass is 9.95. The number of carbonyl (C=O) groups is 3. The van der Waals surface area contributed by atoms with Crippen molar-refractivity contribution < 1.29 is 33.9 Å². The number of carboxylic acid groups (broad SMARTS) is 2. The third-order valence-corrected chi connectivity index (χ3v) is 1.67. The molecule has 1 aliphatic rings. The largest absolute Gasteiger partial charge is 0.575 e. The van der Waals surface area contributed by atoms with Gasteiger partial charge in [-0.25, -0.2) is 0 Å². The van der Waals surface area contributed by atoms with Crippen molar-refractivity contribution in [3.8, 4) is 0 Å². The third-order valence-electron chi connectivity index (χ3n) is 1.67. The Morgan fingerprint density at radius 1 is 1.29 bits per heavy atom.